The van der Waals surface area contributed by atoms with Gasteiger partial charge >= 0.3 is 18.1 Å². The summed E-state index contributed by atoms with van der Waals surface area (Å²) in [7, 11) is 0. The second-order valence-corrected chi connectivity index (χ2v) is 10.7. The minimum Gasteiger partial charge on any atom is -0.386 e. The van der Waals surface area contributed by atoms with E-state index in [0.717, 1.165) is 4.90 Å². The summed E-state index contributed by atoms with van der Waals surface area (Å²) in [5, 5.41) is 10.5. The fourth-order valence-corrected chi connectivity index (χ4v) is 5.87. The normalized spacial score (nSPS) is 19.9. The Labute approximate surface area is 224 Å². The fraction of sp³-hybridized carbons (Fsp3) is 0.333. The second-order valence-electron chi connectivity index (χ2n) is 8.61. The molecule has 0 saturated heterocycles. The first-order valence-corrected chi connectivity index (χ1v) is 12.9. The molecule has 2 heterocycles. The first-order chi connectivity index (χ1) is 17.6. The minimum absolute atomic E-state index is 0.00474. The molecule has 1 aliphatic carbocycles. The van der Waals surface area contributed by atoms with Gasteiger partial charge in [0.05, 0.1) is 21.7 Å². The molecule has 7 nitrogen and oxygen atoms in total. The van der Waals surface area contributed by atoms with E-state index in [4.69, 9.17) is 23.2 Å². The topological polar surface area (TPSA) is 97.0 Å². The lowest BCUT2D eigenvalue weighted by Crippen LogP contribution is -2.42. The number of anilines is 2. The molecular formula is C24H21Cl2F3N4O3S. The Kier molecular flexibility index (Phi) is 8.35. The maximum absolute atomic E-state index is 13.0. The molecule has 37 heavy (non-hydrogen) atoms. The Bertz CT molecular complexity index is 1270. The van der Waals surface area contributed by atoms with Crippen LogP contribution in [0.25, 0.3) is 0 Å². The highest BCUT2D eigenvalue weighted by atomic mass is 35.5. The number of pyridine rings is 1. The van der Waals surface area contributed by atoms with Crippen molar-refractivity contribution in [3.05, 3.63) is 64.4 Å². The van der Waals surface area contributed by atoms with Crippen LogP contribution in [0.15, 0.2) is 53.6 Å². The van der Waals surface area contributed by atoms with Gasteiger partial charge in [0.2, 0.25) is 0 Å². The van der Waals surface area contributed by atoms with Gasteiger partial charge in [0.1, 0.15) is 11.6 Å². The Balaban J connectivity index is 1.53. The smallest absolute Gasteiger partial charge is 0.386 e. The fourth-order valence-electron chi connectivity index (χ4n) is 4.18. The van der Waals surface area contributed by atoms with Crippen LogP contribution in [-0.2, 0) is 20.7 Å². The Hall–Kier alpha value is -2.76. The summed E-state index contributed by atoms with van der Waals surface area (Å²) in [5.41, 5.74) is -0.889. The molecule has 0 unspecified atom stereocenters. The summed E-state index contributed by atoms with van der Waals surface area (Å²) in [6.45, 7) is 0. The van der Waals surface area contributed by atoms with Crippen molar-refractivity contribution in [2.24, 2.45) is 5.41 Å². The highest BCUT2D eigenvalue weighted by molar-refractivity contribution is 8.00. The number of rotatable bonds is 7. The van der Waals surface area contributed by atoms with Crippen molar-refractivity contribution >= 4 is 58.5 Å². The van der Waals surface area contributed by atoms with Gasteiger partial charge in [0.25, 0.3) is 0 Å². The Morgan fingerprint density at radius 1 is 1.14 bits per heavy atom. The number of nitrogens with one attached hydrogen (secondary N) is 2. The molecule has 0 bridgehead atoms. The van der Waals surface area contributed by atoms with E-state index < -0.39 is 23.5 Å². The maximum Gasteiger partial charge on any atom is 0.491 e. The molecule has 3 aromatic rings. The van der Waals surface area contributed by atoms with Crippen LogP contribution in [0.1, 0.15) is 31.4 Å². The van der Waals surface area contributed by atoms with E-state index in [2.05, 4.69) is 25.2 Å². The van der Waals surface area contributed by atoms with Crippen LogP contribution in [0, 0.1) is 5.41 Å². The van der Waals surface area contributed by atoms with Gasteiger partial charge in [-0.2, -0.15) is 18.3 Å². The number of nitrogens with zero attached hydrogens (tertiary/aromatic N) is 2. The summed E-state index contributed by atoms with van der Waals surface area (Å²) >= 11 is 13.9. The van der Waals surface area contributed by atoms with Crippen LogP contribution in [0.2, 0.25) is 10.0 Å². The lowest BCUT2D eigenvalue weighted by atomic mass is 9.71. The molecule has 2 aromatic heterocycles. The van der Waals surface area contributed by atoms with Crippen LogP contribution in [0.4, 0.5) is 24.8 Å². The van der Waals surface area contributed by atoms with E-state index in [1.165, 1.54) is 11.8 Å². The molecule has 0 radical (unpaired) electrons. The van der Waals surface area contributed by atoms with Gasteiger partial charge in [-0.15, -0.1) is 11.8 Å². The number of thioether (sulfide) groups is 1. The van der Waals surface area contributed by atoms with Gasteiger partial charge in [-0.05, 0) is 49.9 Å². The summed E-state index contributed by atoms with van der Waals surface area (Å²) in [4.78, 5) is 29.8. The Morgan fingerprint density at radius 2 is 1.86 bits per heavy atom. The largest absolute Gasteiger partial charge is 0.491 e. The minimum atomic E-state index is -5.28. The number of halogens is 5. The number of esters is 2. The molecule has 2 N–H and O–H groups in total. The number of ether oxygens (including phenoxy) is 1. The van der Waals surface area contributed by atoms with Crippen LogP contribution >= 0.6 is 35.0 Å². The third-order valence-electron chi connectivity index (χ3n) is 6.04. The number of alkyl halides is 3. The quantitative estimate of drug-likeness (QED) is 0.238. The average Bonchev–Trinajstić information content (AvgIpc) is 3.36. The van der Waals surface area contributed by atoms with Crippen molar-refractivity contribution in [3.8, 4) is 0 Å². The molecule has 1 aliphatic rings. The second kappa shape index (κ2) is 11.3. The highest BCUT2D eigenvalue weighted by Crippen LogP contribution is 2.47. The zero-order valence-corrected chi connectivity index (χ0v) is 21.5. The van der Waals surface area contributed by atoms with Gasteiger partial charge < -0.3 is 10.1 Å². The molecule has 196 valence electrons. The number of benzene rings is 1. The molecule has 0 atom stereocenters. The lowest BCUT2D eigenvalue weighted by molar-refractivity contribution is -0.205. The molecule has 1 fully saturated rings. The third kappa shape index (κ3) is 6.77. The van der Waals surface area contributed by atoms with E-state index in [1.54, 1.807) is 42.6 Å². The van der Waals surface area contributed by atoms with E-state index in [1.807, 2.05) is 6.07 Å². The zero-order chi connectivity index (χ0) is 26.6. The third-order valence-corrected chi connectivity index (χ3v) is 8.37. The van der Waals surface area contributed by atoms with Gasteiger partial charge in [-0.25, -0.2) is 9.78 Å². The zero-order valence-electron chi connectivity index (χ0n) is 19.1. The number of H-pyrrole nitrogens is 1. The molecule has 4 rings (SSSR count). The van der Waals surface area contributed by atoms with Gasteiger partial charge in [-0.3, -0.25) is 9.89 Å². The summed E-state index contributed by atoms with van der Waals surface area (Å²) in [6.07, 6.45) is -2.35. The van der Waals surface area contributed by atoms with Crippen molar-refractivity contribution < 1.29 is 27.5 Å². The van der Waals surface area contributed by atoms with Crippen molar-refractivity contribution in [2.75, 3.05) is 5.32 Å². The van der Waals surface area contributed by atoms with E-state index >= 15 is 0 Å². The number of aromatic nitrogens is 3. The van der Waals surface area contributed by atoms with E-state index in [-0.39, 0.29) is 24.5 Å². The number of aromatic amines is 1. The lowest BCUT2D eigenvalue weighted by Gasteiger charge is -2.37. The predicted molar refractivity (Wildman–Crippen MR) is 134 cm³/mol. The van der Waals surface area contributed by atoms with Gasteiger partial charge in [0.15, 0.2) is 0 Å². The van der Waals surface area contributed by atoms with Crippen LogP contribution in [0.3, 0.4) is 0 Å². The van der Waals surface area contributed by atoms with Crippen molar-refractivity contribution in [1.29, 1.82) is 0 Å². The summed E-state index contributed by atoms with van der Waals surface area (Å²) < 4.78 is 42.9. The average molecular weight is 573 g/mol. The maximum atomic E-state index is 13.0. The van der Waals surface area contributed by atoms with Crippen LogP contribution in [0.5, 0.6) is 0 Å². The predicted octanol–water partition coefficient (Wildman–Crippen LogP) is 6.75. The molecule has 13 heteroatoms. The van der Waals surface area contributed by atoms with Gasteiger partial charge in [-0.1, -0.05) is 35.3 Å². The molecule has 0 aliphatic heterocycles. The SMILES string of the molecule is O=C(OC(=O)C1(Cc2cccc(Nc3ccn[nH]3)n2)CCC(Sc2cccc(Cl)c2Cl)CC1)C(F)(F)F. The van der Waals surface area contributed by atoms with Crippen LogP contribution in [-0.4, -0.2) is 38.5 Å². The monoisotopic (exact) mass is 572 g/mol. The number of hydrogen-bond donors (Lipinski definition) is 2. The standard InChI is InChI=1S/C24H21Cl2F3N4O3S/c25-16-4-2-5-17(20(16)26)37-15-7-10-23(11-8-15,21(34)36-22(35)24(27,28)29)13-14-3-1-6-18(31-14)32-19-9-12-30-33-19/h1-6,9,12,15H,7-8,10-11,13H2,(H2,30,31,32,33). The van der Waals surface area contributed by atoms with Crippen LogP contribution < -0.4 is 5.32 Å². The molecule has 1 aromatic carbocycles. The van der Waals surface area contributed by atoms with Crippen molar-refractivity contribution in [1.82, 2.24) is 15.2 Å². The summed E-state index contributed by atoms with van der Waals surface area (Å²) in [5.74, 6) is -2.68. The number of carbonyl (C=O) groups is 2. The van der Waals surface area contributed by atoms with Crippen molar-refractivity contribution in [2.45, 2.75) is 48.4 Å². The first kappa shape index (κ1) is 27.3. The van der Waals surface area contributed by atoms with Crippen molar-refractivity contribution in [3.63, 3.8) is 0 Å². The number of hydrogen-bond acceptors (Lipinski definition) is 7. The Morgan fingerprint density at radius 3 is 2.54 bits per heavy atom. The highest BCUT2D eigenvalue weighted by Gasteiger charge is 2.49. The molecular weight excluding hydrogens is 552 g/mol. The number of carbonyl (C=O) groups excluding carboxylic acids is 2. The van der Waals surface area contributed by atoms with Gasteiger partial charge in [0, 0.05) is 28.3 Å². The molecule has 1 saturated carbocycles. The molecule has 0 amide bonds. The van der Waals surface area contributed by atoms with E-state index in [0.29, 0.717) is 40.2 Å². The summed E-state index contributed by atoms with van der Waals surface area (Å²) in [6, 6.07) is 12.1. The first-order valence-electron chi connectivity index (χ1n) is 11.2. The van der Waals surface area contributed by atoms with E-state index in [9.17, 15) is 22.8 Å². The molecule has 0 spiro atoms.